The van der Waals surface area contributed by atoms with Gasteiger partial charge in [-0.05, 0) is 51.9 Å². The lowest BCUT2D eigenvalue weighted by atomic mass is 10.1. The maximum atomic E-state index is 6.49. The van der Waals surface area contributed by atoms with E-state index in [0.29, 0.717) is 12.1 Å². The first kappa shape index (κ1) is 15.1. The predicted molar refractivity (Wildman–Crippen MR) is 90.2 cm³/mol. The zero-order valence-corrected chi connectivity index (χ0v) is 13.9. The molecule has 1 saturated carbocycles. The zero-order chi connectivity index (χ0) is 14.8. The summed E-state index contributed by atoms with van der Waals surface area (Å²) in [6, 6.07) is 7.67. The van der Waals surface area contributed by atoms with Crippen LogP contribution < -0.4 is 10.2 Å². The number of halogens is 1. The Balaban J connectivity index is 1.80. The molecule has 0 spiro atoms. The minimum Gasteiger partial charge on any atom is -0.367 e. The molecule has 0 aromatic heterocycles. The minimum atomic E-state index is 0.609. The molecule has 21 heavy (non-hydrogen) atoms. The summed E-state index contributed by atoms with van der Waals surface area (Å²) in [6.45, 7) is 3.15. The summed E-state index contributed by atoms with van der Waals surface area (Å²) in [5.41, 5.74) is 2.61. The van der Waals surface area contributed by atoms with Gasteiger partial charge in [0, 0.05) is 48.0 Å². The molecule has 116 valence electrons. The van der Waals surface area contributed by atoms with Gasteiger partial charge in [0.2, 0.25) is 0 Å². The molecule has 0 radical (unpaired) electrons. The molecule has 0 bridgehead atoms. The Morgan fingerprint density at radius 1 is 1.29 bits per heavy atom. The van der Waals surface area contributed by atoms with E-state index in [1.807, 2.05) is 6.07 Å². The molecular weight excluding hydrogens is 282 g/mol. The van der Waals surface area contributed by atoms with Crippen LogP contribution in [0.2, 0.25) is 5.02 Å². The van der Waals surface area contributed by atoms with Crippen molar-refractivity contribution in [1.82, 2.24) is 10.2 Å². The fourth-order valence-corrected chi connectivity index (χ4v) is 3.53. The van der Waals surface area contributed by atoms with Crippen LogP contribution in [0.5, 0.6) is 0 Å². The highest BCUT2D eigenvalue weighted by Gasteiger charge is 2.28. The van der Waals surface area contributed by atoms with E-state index in [4.69, 9.17) is 11.6 Å². The van der Waals surface area contributed by atoms with Crippen molar-refractivity contribution in [3.05, 3.63) is 28.8 Å². The Hall–Kier alpha value is -0.770. The summed E-state index contributed by atoms with van der Waals surface area (Å²) >= 11 is 6.49. The molecule has 0 amide bonds. The molecule has 1 atom stereocenters. The van der Waals surface area contributed by atoms with Crippen LogP contribution >= 0.6 is 11.6 Å². The number of likely N-dealkylation sites (N-methyl/N-ethyl adjacent to an activating group) is 1. The van der Waals surface area contributed by atoms with Crippen molar-refractivity contribution in [2.24, 2.45) is 0 Å². The summed E-state index contributed by atoms with van der Waals surface area (Å²) < 4.78 is 0. The van der Waals surface area contributed by atoms with Crippen LogP contribution in [0.1, 0.15) is 31.2 Å². The van der Waals surface area contributed by atoms with Gasteiger partial charge in [-0.1, -0.05) is 17.7 Å². The van der Waals surface area contributed by atoms with Crippen LogP contribution in [0.4, 0.5) is 5.69 Å². The van der Waals surface area contributed by atoms with Crippen LogP contribution in [0, 0.1) is 0 Å². The van der Waals surface area contributed by atoms with E-state index in [1.165, 1.54) is 36.9 Å². The monoisotopic (exact) mass is 307 g/mol. The quantitative estimate of drug-likeness (QED) is 0.871. The van der Waals surface area contributed by atoms with Crippen LogP contribution in [0.3, 0.4) is 0 Å². The van der Waals surface area contributed by atoms with Crippen molar-refractivity contribution in [1.29, 1.82) is 0 Å². The molecular formula is C17H26ClN3. The molecule has 1 aliphatic carbocycles. The van der Waals surface area contributed by atoms with Crippen LogP contribution in [-0.2, 0) is 6.54 Å². The van der Waals surface area contributed by atoms with E-state index in [-0.39, 0.29) is 0 Å². The maximum absolute atomic E-state index is 6.49. The van der Waals surface area contributed by atoms with Gasteiger partial charge in [0.1, 0.15) is 0 Å². The molecule has 1 N–H and O–H groups in total. The van der Waals surface area contributed by atoms with Crippen molar-refractivity contribution in [3.63, 3.8) is 0 Å². The first-order chi connectivity index (χ1) is 10.1. The third-order valence-corrected chi connectivity index (χ3v) is 4.86. The van der Waals surface area contributed by atoms with Crippen molar-refractivity contribution >= 4 is 17.3 Å². The topological polar surface area (TPSA) is 18.5 Å². The minimum absolute atomic E-state index is 0.609. The SMILES string of the molecule is CN(C)CC1CCCN1c1cccc(Cl)c1CNC1CC1. The molecule has 1 aromatic carbocycles. The maximum Gasteiger partial charge on any atom is 0.0471 e. The number of nitrogens with one attached hydrogen (secondary N) is 1. The van der Waals surface area contributed by atoms with Gasteiger partial charge in [0.25, 0.3) is 0 Å². The molecule has 1 saturated heterocycles. The van der Waals surface area contributed by atoms with Gasteiger partial charge < -0.3 is 15.1 Å². The zero-order valence-electron chi connectivity index (χ0n) is 13.1. The number of rotatable bonds is 6. The largest absolute Gasteiger partial charge is 0.367 e. The second-order valence-corrected chi connectivity index (χ2v) is 7.05. The Morgan fingerprint density at radius 2 is 2.10 bits per heavy atom. The average Bonchev–Trinajstić information content (AvgIpc) is 3.16. The lowest BCUT2D eigenvalue weighted by Crippen LogP contribution is -2.38. The third kappa shape index (κ3) is 3.71. The number of nitrogens with zero attached hydrogens (tertiary/aromatic N) is 2. The van der Waals surface area contributed by atoms with Gasteiger partial charge in [-0.2, -0.15) is 0 Å². The third-order valence-electron chi connectivity index (χ3n) is 4.50. The van der Waals surface area contributed by atoms with Gasteiger partial charge in [-0.15, -0.1) is 0 Å². The van der Waals surface area contributed by atoms with Gasteiger partial charge in [-0.25, -0.2) is 0 Å². The first-order valence-electron chi connectivity index (χ1n) is 8.07. The fourth-order valence-electron chi connectivity index (χ4n) is 3.29. The number of hydrogen-bond donors (Lipinski definition) is 1. The molecule has 2 fully saturated rings. The Bertz CT molecular complexity index is 485. The van der Waals surface area contributed by atoms with Crippen molar-refractivity contribution < 1.29 is 0 Å². The van der Waals surface area contributed by atoms with Gasteiger partial charge >= 0.3 is 0 Å². The number of anilines is 1. The molecule has 1 unspecified atom stereocenters. The van der Waals surface area contributed by atoms with Crippen molar-refractivity contribution in [3.8, 4) is 0 Å². The highest BCUT2D eigenvalue weighted by atomic mass is 35.5. The number of benzene rings is 1. The summed E-state index contributed by atoms with van der Waals surface area (Å²) in [7, 11) is 4.31. The first-order valence-corrected chi connectivity index (χ1v) is 8.45. The normalized spacial score (nSPS) is 22.3. The second kappa shape index (κ2) is 6.55. The van der Waals surface area contributed by atoms with Crippen LogP contribution in [0.15, 0.2) is 18.2 Å². The van der Waals surface area contributed by atoms with Gasteiger partial charge in [0.15, 0.2) is 0 Å². The molecule has 1 aromatic rings. The highest BCUT2D eigenvalue weighted by Crippen LogP contribution is 2.33. The second-order valence-electron chi connectivity index (χ2n) is 6.64. The van der Waals surface area contributed by atoms with Crippen LogP contribution in [-0.4, -0.2) is 44.2 Å². The summed E-state index contributed by atoms with van der Waals surface area (Å²) in [5, 5.41) is 4.51. The fraction of sp³-hybridized carbons (Fsp3) is 0.647. The summed E-state index contributed by atoms with van der Waals surface area (Å²) in [4.78, 5) is 4.85. The lowest BCUT2D eigenvalue weighted by molar-refractivity contribution is 0.372. The van der Waals surface area contributed by atoms with E-state index in [1.54, 1.807) is 0 Å². The number of hydrogen-bond acceptors (Lipinski definition) is 3. The Morgan fingerprint density at radius 3 is 2.81 bits per heavy atom. The predicted octanol–water partition coefficient (Wildman–Crippen LogP) is 3.12. The van der Waals surface area contributed by atoms with E-state index >= 15 is 0 Å². The Kier molecular flexibility index (Phi) is 4.72. The highest BCUT2D eigenvalue weighted by molar-refractivity contribution is 6.31. The summed E-state index contributed by atoms with van der Waals surface area (Å²) in [5.74, 6) is 0. The van der Waals surface area contributed by atoms with E-state index < -0.39 is 0 Å². The molecule has 3 rings (SSSR count). The van der Waals surface area contributed by atoms with Gasteiger partial charge in [0.05, 0.1) is 0 Å². The Labute approximate surface area is 133 Å². The summed E-state index contributed by atoms with van der Waals surface area (Å²) in [6.07, 6.45) is 5.18. The van der Waals surface area contributed by atoms with E-state index in [9.17, 15) is 0 Å². The smallest absolute Gasteiger partial charge is 0.0471 e. The molecule has 1 aliphatic heterocycles. The van der Waals surface area contributed by atoms with Crippen molar-refractivity contribution in [2.75, 3.05) is 32.1 Å². The van der Waals surface area contributed by atoms with E-state index in [0.717, 1.165) is 24.7 Å². The van der Waals surface area contributed by atoms with E-state index in [2.05, 4.69) is 41.3 Å². The average molecular weight is 308 g/mol. The van der Waals surface area contributed by atoms with Gasteiger partial charge in [-0.3, -0.25) is 0 Å². The standard InChI is InChI=1S/C17H26ClN3/c1-20(2)12-14-5-4-10-21(14)17-7-3-6-16(18)15(17)11-19-13-8-9-13/h3,6-7,13-14,19H,4-5,8-12H2,1-2H3. The van der Waals surface area contributed by atoms with Crippen molar-refractivity contribution in [2.45, 2.75) is 44.3 Å². The molecule has 3 nitrogen and oxygen atoms in total. The van der Waals surface area contributed by atoms with Crippen LogP contribution in [0.25, 0.3) is 0 Å². The molecule has 2 aliphatic rings. The molecule has 4 heteroatoms. The lowest BCUT2D eigenvalue weighted by Gasteiger charge is -2.31. The molecule has 1 heterocycles.